The maximum Gasteiger partial charge on any atom is 0.129 e. The summed E-state index contributed by atoms with van der Waals surface area (Å²) >= 11 is 5.71. The minimum Gasteiger partial charge on any atom is -0.324 e. The molecule has 2 aromatic rings. The number of halogens is 2. The molecule has 94 valence electrons. The number of hydrogen-bond acceptors (Lipinski definition) is 2. The third-order valence-electron chi connectivity index (χ3n) is 2.86. The Balaban J connectivity index is 2.01. The molecule has 0 aliphatic carbocycles. The standard InChI is InChI=1S/C14H14ClFN2/c15-11-2-3-12(13(16)9-11)14(17)4-1-10-5-7-18-8-6-10/h2-3,5-9,14H,1,4,17H2. The molecule has 1 unspecified atom stereocenters. The summed E-state index contributed by atoms with van der Waals surface area (Å²) in [6, 6.07) is 8.15. The van der Waals surface area contributed by atoms with Crippen LogP contribution < -0.4 is 5.73 Å². The van der Waals surface area contributed by atoms with Gasteiger partial charge in [-0.15, -0.1) is 0 Å². The van der Waals surface area contributed by atoms with Crippen molar-refractivity contribution in [3.05, 3.63) is 64.7 Å². The summed E-state index contributed by atoms with van der Waals surface area (Å²) < 4.78 is 13.7. The second-order valence-corrected chi connectivity index (χ2v) is 4.60. The van der Waals surface area contributed by atoms with Crippen molar-refractivity contribution in [2.75, 3.05) is 0 Å². The van der Waals surface area contributed by atoms with Gasteiger partial charge < -0.3 is 5.73 Å². The highest BCUT2D eigenvalue weighted by atomic mass is 35.5. The molecule has 0 radical (unpaired) electrons. The van der Waals surface area contributed by atoms with Crippen molar-refractivity contribution in [3.8, 4) is 0 Å². The maximum atomic E-state index is 13.7. The summed E-state index contributed by atoms with van der Waals surface area (Å²) in [4.78, 5) is 3.95. The lowest BCUT2D eigenvalue weighted by atomic mass is 10.00. The van der Waals surface area contributed by atoms with Gasteiger partial charge >= 0.3 is 0 Å². The monoisotopic (exact) mass is 264 g/mol. The van der Waals surface area contributed by atoms with E-state index in [1.807, 2.05) is 12.1 Å². The molecule has 1 atom stereocenters. The van der Waals surface area contributed by atoms with Crippen LogP contribution in [0.25, 0.3) is 0 Å². The van der Waals surface area contributed by atoms with Crippen molar-refractivity contribution < 1.29 is 4.39 Å². The zero-order valence-electron chi connectivity index (χ0n) is 9.81. The van der Waals surface area contributed by atoms with Crippen LogP contribution in [0.15, 0.2) is 42.7 Å². The van der Waals surface area contributed by atoms with Gasteiger partial charge in [-0.1, -0.05) is 17.7 Å². The number of benzene rings is 1. The van der Waals surface area contributed by atoms with E-state index >= 15 is 0 Å². The second kappa shape index (κ2) is 5.94. The van der Waals surface area contributed by atoms with Gasteiger partial charge in [0.2, 0.25) is 0 Å². The SMILES string of the molecule is NC(CCc1ccncc1)c1ccc(Cl)cc1F. The number of rotatable bonds is 4. The number of aryl methyl sites for hydroxylation is 1. The topological polar surface area (TPSA) is 38.9 Å². The Kier molecular flexibility index (Phi) is 4.28. The summed E-state index contributed by atoms with van der Waals surface area (Å²) in [5.41, 5.74) is 7.65. The highest BCUT2D eigenvalue weighted by molar-refractivity contribution is 6.30. The van der Waals surface area contributed by atoms with Crippen molar-refractivity contribution in [1.29, 1.82) is 0 Å². The number of nitrogens with two attached hydrogens (primary N) is 1. The lowest BCUT2D eigenvalue weighted by Gasteiger charge is -2.13. The minimum atomic E-state index is -0.343. The van der Waals surface area contributed by atoms with E-state index in [9.17, 15) is 4.39 Å². The highest BCUT2D eigenvalue weighted by Crippen LogP contribution is 2.22. The van der Waals surface area contributed by atoms with E-state index in [0.29, 0.717) is 17.0 Å². The van der Waals surface area contributed by atoms with Crippen molar-refractivity contribution in [2.24, 2.45) is 5.73 Å². The molecule has 1 aromatic heterocycles. The van der Waals surface area contributed by atoms with E-state index in [4.69, 9.17) is 17.3 Å². The fourth-order valence-corrected chi connectivity index (χ4v) is 1.99. The van der Waals surface area contributed by atoms with Gasteiger partial charge in [0.25, 0.3) is 0 Å². The van der Waals surface area contributed by atoms with Crippen LogP contribution >= 0.6 is 11.6 Å². The van der Waals surface area contributed by atoms with Gasteiger partial charge in [-0.3, -0.25) is 4.98 Å². The number of hydrogen-bond donors (Lipinski definition) is 1. The summed E-state index contributed by atoms with van der Waals surface area (Å²) in [6.07, 6.45) is 4.96. The molecule has 0 saturated heterocycles. The maximum absolute atomic E-state index is 13.7. The normalized spacial score (nSPS) is 12.4. The van der Waals surface area contributed by atoms with Crippen molar-refractivity contribution in [2.45, 2.75) is 18.9 Å². The molecule has 0 amide bonds. The first-order chi connectivity index (χ1) is 8.66. The third-order valence-corrected chi connectivity index (χ3v) is 3.09. The first kappa shape index (κ1) is 13.0. The van der Waals surface area contributed by atoms with Gasteiger partial charge in [-0.25, -0.2) is 4.39 Å². The molecule has 1 heterocycles. The smallest absolute Gasteiger partial charge is 0.129 e. The Hall–Kier alpha value is -1.45. The third kappa shape index (κ3) is 3.28. The van der Waals surface area contributed by atoms with Gasteiger partial charge in [0.1, 0.15) is 5.82 Å². The zero-order chi connectivity index (χ0) is 13.0. The van der Waals surface area contributed by atoms with Crippen LogP contribution in [0.3, 0.4) is 0 Å². The Morgan fingerprint density at radius 2 is 1.94 bits per heavy atom. The van der Waals surface area contributed by atoms with Crippen LogP contribution in [-0.2, 0) is 6.42 Å². The van der Waals surface area contributed by atoms with Crippen molar-refractivity contribution >= 4 is 11.6 Å². The Morgan fingerprint density at radius 1 is 1.22 bits per heavy atom. The van der Waals surface area contributed by atoms with E-state index in [2.05, 4.69) is 4.98 Å². The number of aromatic nitrogens is 1. The molecule has 0 spiro atoms. The quantitative estimate of drug-likeness (QED) is 0.918. The van der Waals surface area contributed by atoms with Gasteiger partial charge in [-0.05, 0) is 42.7 Å². The van der Waals surface area contributed by atoms with E-state index in [-0.39, 0.29) is 11.9 Å². The molecule has 0 aliphatic heterocycles. The molecule has 18 heavy (non-hydrogen) atoms. The fourth-order valence-electron chi connectivity index (χ4n) is 1.83. The molecule has 0 aliphatic rings. The summed E-state index contributed by atoms with van der Waals surface area (Å²) in [7, 11) is 0. The summed E-state index contributed by atoms with van der Waals surface area (Å²) in [5.74, 6) is -0.343. The van der Waals surface area contributed by atoms with E-state index in [0.717, 1.165) is 12.0 Å². The Bertz CT molecular complexity index is 516. The average molecular weight is 265 g/mol. The zero-order valence-corrected chi connectivity index (χ0v) is 10.6. The summed E-state index contributed by atoms with van der Waals surface area (Å²) in [5, 5.41) is 0.387. The van der Waals surface area contributed by atoms with Crippen LogP contribution in [0, 0.1) is 5.82 Å². The molecule has 0 saturated carbocycles. The Labute approximate surface area is 111 Å². The van der Waals surface area contributed by atoms with E-state index in [1.165, 1.54) is 6.07 Å². The largest absolute Gasteiger partial charge is 0.324 e. The molecular weight excluding hydrogens is 251 g/mol. The van der Waals surface area contributed by atoms with Crippen molar-refractivity contribution in [3.63, 3.8) is 0 Å². The molecule has 1 aromatic carbocycles. The van der Waals surface area contributed by atoms with Crippen molar-refractivity contribution in [1.82, 2.24) is 4.98 Å². The lowest BCUT2D eigenvalue weighted by molar-refractivity contribution is 0.564. The van der Waals surface area contributed by atoms with Crippen LogP contribution in [0.1, 0.15) is 23.6 Å². The molecule has 2 nitrogen and oxygen atoms in total. The van der Waals surface area contributed by atoms with Gasteiger partial charge in [0, 0.05) is 29.0 Å². The predicted octanol–water partition coefficient (Wildman–Crippen LogP) is 3.51. The first-order valence-corrected chi connectivity index (χ1v) is 6.14. The minimum absolute atomic E-state index is 0.324. The average Bonchev–Trinajstić information content (AvgIpc) is 2.37. The van der Waals surface area contributed by atoms with Gasteiger partial charge in [0.05, 0.1) is 0 Å². The molecule has 2 N–H and O–H groups in total. The molecule has 0 fully saturated rings. The van der Waals surface area contributed by atoms with Crippen LogP contribution in [0.2, 0.25) is 5.02 Å². The molecule has 0 bridgehead atoms. The fraction of sp³-hybridized carbons (Fsp3) is 0.214. The first-order valence-electron chi connectivity index (χ1n) is 5.76. The molecule has 2 rings (SSSR count). The predicted molar refractivity (Wildman–Crippen MR) is 70.9 cm³/mol. The van der Waals surface area contributed by atoms with Gasteiger partial charge in [-0.2, -0.15) is 0 Å². The van der Waals surface area contributed by atoms with Crippen LogP contribution in [-0.4, -0.2) is 4.98 Å². The molecular formula is C14H14ClFN2. The number of pyridine rings is 1. The van der Waals surface area contributed by atoms with E-state index < -0.39 is 0 Å². The van der Waals surface area contributed by atoms with E-state index in [1.54, 1.807) is 24.5 Å². The van der Waals surface area contributed by atoms with Gasteiger partial charge in [0.15, 0.2) is 0 Å². The van der Waals surface area contributed by atoms with Crippen LogP contribution in [0.5, 0.6) is 0 Å². The van der Waals surface area contributed by atoms with Crippen LogP contribution in [0.4, 0.5) is 4.39 Å². The molecule has 4 heteroatoms. The highest BCUT2D eigenvalue weighted by Gasteiger charge is 2.11. The summed E-state index contributed by atoms with van der Waals surface area (Å²) in [6.45, 7) is 0. The lowest BCUT2D eigenvalue weighted by Crippen LogP contribution is -2.13. The Morgan fingerprint density at radius 3 is 2.61 bits per heavy atom. The number of nitrogens with zero attached hydrogens (tertiary/aromatic N) is 1. The second-order valence-electron chi connectivity index (χ2n) is 4.17.